The molecular weight excluding hydrogens is 526 g/mol. The number of benzene rings is 3. The molecule has 24 heavy (non-hydrogen) atoms. The maximum atomic E-state index is 11.7. The molecule has 0 aromatic heterocycles. The number of halogens is 2. The van der Waals surface area contributed by atoms with Crippen molar-refractivity contribution in [1.82, 2.24) is 0 Å². The standard InChI is InChI=1S/C20H12I2O2/c21-19(23)17-10-16(11-18(12-17)20(22)24)15-8-6-14(7-9-15)13-4-2-1-3-5-13/h1-12H. The minimum atomic E-state index is -0.0748. The van der Waals surface area contributed by atoms with Crippen molar-refractivity contribution in [3.05, 3.63) is 83.9 Å². The van der Waals surface area contributed by atoms with E-state index in [1.807, 2.05) is 42.5 Å². The average molecular weight is 538 g/mol. The van der Waals surface area contributed by atoms with Crippen LogP contribution >= 0.6 is 45.2 Å². The smallest absolute Gasteiger partial charge is 0.222 e. The molecule has 0 aliphatic carbocycles. The van der Waals surface area contributed by atoms with Crippen LogP contribution in [0.1, 0.15) is 20.7 Å². The Bertz CT molecular complexity index is 868. The summed E-state index contributed by atoms with van der Waals surface area (Å²) in [5.41, 5.74) is 5.22. The monoisotopic (exact) mass is 538 g/mol. The Morgan fingerprint density at radius 1 is 0.542 bits per heavy atom. The van der Waals surface area contributed by atoms with E-state index in [4.69, 9.17) is 0 Å². The molecule has 0 saturated heterocycles. The van der Waals surface area contributed by atoms with E-state index >= 15 is 0 Å². The molecule has 0 radical (unpaired) electrons. The summed E-state index contributed by atoms with van der Waals surface area (Å²) in [6, 6.07) is 23.6. The van der Waals surface area contributed by atoms with E-state index in [9.17, 15) is 9.59 Å². The molecule has 3 aromatic rings. The molecule has 0 aliphatic heterocycles. The molecule has 0 saturated carbocycles. The van der Waals surface area contributed by atoms with Gasteiger partial charge in [0.25, 0.3) is 0 Å². The average Bonchev–Trinajstić information content (AvgIpc) is 2.62. The first-order valence-electron chi connectivity index (χ1n) is 7.25. The Morgan fingerprint density at radius 3 is 1.42 bits per heavy atom. The highest BCUT2D eigenvalue weighted by Gasteiger charge is 2.11. The van der Waals surface area contributed by atoms with Gasteiger partial charge in [-0.05, 0) is 40.5 Å². The molecule has 0 N–H and O–H groups in total. The van der Waals surface area contributed by atoms with Crippen LogP contribution in [0.4, 0.5) is 0 Å². The first-order valence-corrected chi connectivity index (χ1v) is 9.41. The van der Waals surface area contributed by atoms with E-state index in [1.165, 1.54) is 0 Å². The molecule has 3 aromatic carbocycles. The van der Waals surface area contributed by atoms with E-state index in [1.54, 1.807) is 51.2 Å². The lowest BCUT2D eigenvalue weighted by molar-refractivity contribution is 0.110. The van der Waals surface area contributed by atoms with Crippen molar-refractivity contribution in [1.29, 1.82) is 0 Å². The van der Waals surface area contributed by atoms with Gasteiger partial charge >= 0.3 is 0 Å². The quantitative estimate of drug-likeness (QED) is 0.294. The van der Waals surface area contributed by atoms with Gasteiger partial charge in [0.15, 0.2) is 0 Å². The van der Waals surface area contributed by atoms with Crippen LogP contribution < -0.4 is 0 Å². The summed E-state index contributed by atoms with van der Waals surface area (Å²) in [5, 5.41) is 0. The van der Waals surface area contributed by atoms with Crippen LogP contribution in [0.25, 0.3) is 22.3 Å². The fourth-order valence-electron chi connectivity index (χ4n) is 2.51. The molecule has 0 amide bonds. The van der Waals surface area contributed by atoms with E-state index < -0.39 is 0 Å². The van der Waals surface area contributed by atoms with E-state index in [0.717, 1.165) is 22.3 Å². The lowest BCUT2D eigenvalue weighted by atomic mass is 9.98. The predicted molar refractivity (Wildman–Crippen MR) is 114 cm³/mol. The molecule has 0 fully saturated rings. The first kappa shape index (κ1) is 17.3. The largest absolute Gasteiger partial charge is 0.282 e. The third-order valence-corrected chi connectivity index (χ3v) is 4.96. The molecule has 0 heterocycles. The zero-order valence-corrected chi connectivity index (χ0v) is 16.8. The van der Waals surface area contributed by atoms with Crippen LogP contribution in [0.5, 0.6) is 0 Å². The van der Waals surface area contributed by atoms with Crippen LogP contribution in [-0.4, -0.2) is 7.58 Å². The lowest BCUT2D eigenvalue weighted by Crippen LogP contribution is -1.96. The molecule has 4 heteroatoms. The fraction of sp³-hybridized carbons (Fsp3) is 0. The van der Waals surface area contributed by atoms with Crippen LogP contribution in [0.3, 0.4) is 0 Å². The summed E-state index contributed by atoms with van der Waals surface area (Å²) in [7, 11) is 0. The van der Waals surface area contributed by atoms with Crippen molar-refractivity contribution in [3.63, 3.8) is 0 Å². The highest BCUT2D eigenvalue weighted by Crippen LogP contribution is 2.27. The van der Waals surface area contributed by atoms with E-state index in [-0.39, 0.29) is 7.58 Å². The Hall–Kier alpha value is -1.54. The molecule has 0 atom stereocenters. The molecule has 2 nitrogen and oxygen atoms in total. The van der Waals surface area contributed by atoms with Gasteiger partial charge in [-0.15, -0.1) is 0 Å². The summed E-state index contributed by atoms with van der Waals surface area (Å²) in [6.45, 7) is 0. The SMILES string of the molecule is O=C(I)c1cc(C(=O)I)cc(-c2ccc(-c3ccccc3)cc2)c1. The van der Waals surface area contributed by atoms with Gasteiger partial charge in [0, 0.05) is 56.3 Å². The third kappa shape index (κ3) is 3.92. The lowest BCUT2D eigenvalue weighted by Gasteiger charge is -2.08. The molecule has 0 aliphatic rings. The summed E-state index contributed by atoms with van der Waals surface area (Å²) < 4.78 is -0.150. The van der Waals surface area contributed by atoms with Crippen LogP contribution in [-0.2, 0) is 0 Å². The number of carbonyl (C=O) groups excluding carboxylic acids is 2. The zero-order chi connectivity index (χ0) is 17.1. The van der Waals surface area contributed by atoms with Crippen molar-refractivity contribution < 1.29 is 9.59 Å². The molecule has 3 rings (SSSR count). The molecule has 0 spiro atoms. The molecule has 118 valence electrons. The maximum absolute atomic E-state index is 11.7. The molecule has 0 unspecified atom stereocenters. The van der Waals surface area contributed by atoms with Gasteiger partial charge in [-0.2, -0.15) is 0 Å². The van der Waals surface area contributed by atoms with Gasteiger partial charge in [-0.25, -0.2) is 0 Å². The molecular formula is C20H12I2O2. The van der Waals surface area contributed by atoms with Crippen molar-refractivity contribution in [3.8, 4) is 22.3 Å². The maximum Gasteiger partial charge on any atom is 0.222 e. The number of carbonyl (C=O) groups is 2. The Morgan fingerprint density at radius 2 is 0.958 bits per heavy atom. The second kappa shape index (κ2) is 7.57. The van der Waals surface area contributed by atoms with Crippen molar-refractivity contribution in [2.24, 2.45) is 0 Å². The topological polar surface area (TPSA) is 34.1 Å². The van der Waals surface area contributed by atoms with Gasteiger partial charge in [0.2, 0.25) is 7.58 Å². The van der Waals surface area contributed by atoms with Crippen molar-refractivity contribution in [2.45, 2.75) is 0 Å². The fourth-order valence-corrected chi connectivity index (χ4v) is 3.13. The summed E-state index contributed by atoms with van der Waals surface area (Å²) in [5.74, 6) is 0. The summed E-state index contributed by atoms with van der Waals surface area (Å²) in [6.07, 6.45) is 0. The summed E-state index contributed by atoms with van der Waals surface area (Å²) >= 11 is 3.49. The Balaban J connectivity index is 2.03. The van der Waals surface area contributed by atoms with Crippen molar-refractivity contribution in [2.75, 3.05) is 0 Å². The van der Waals surface area contributed by atoms with Crippen molar-refractivity contribution >= 4 is 52.8 Å². The predicted octanol–water partition coefficient (Wildman–Crippen LogP) is 6.17. The third-order valence-electron chi connectivity index (χ3n) is 3.71. The summed E-state index contributed by atoms with van der Waals surface area (Å²) in [4.78, 5) is 23.4. The highest BCUT2D eigenvalue weighted by molar-refractivity contribution is 14.1. The Labute approximate surface area is 167 Å². The number of hydrogen-bond acceptors (Lipinski definition) is 2. The first-order chi connectivity index (χ1) is 11.5. The van der Waals surface area contributed by atoms with Gasteiger partial charge < -0.3 is 0 Å². The normalized spacial score (nSPS) is 10.4. The second-order valence-electron chi connectivity index (χ2n) is 5.29. The van der Waals surface area contributed by atoms with E-state index in [2.05, 4.69) is 24.3 Å². The van der Waals surface area contributed by atoms with Crippen LogP contribution in [0.2, 0.25) is 0 Å². The van der Waals surface area contributed by atoms with E-state index in [0.29, 0.717) is 11.1 Å². The highest BCUT2D eigenvalue weighted by atomic mass is 127. The Kier molecular flexibility index (Phi) is 5.45. The minimum Gasteiger partial charge on any atom is -0.282 e. The minimum absolute atomic E-state index is 0.0748. The second-order valence-corrected chi connectivity index (χ2v) is 7.25. The molecule has 0 bridgehead atoms. The van der Waals surface area contributed by atoms with Crippen LogP contribution in [0.15, 0.2) is 72.8 Å². The number of rotatable bonds is 4. The van der Waals surface area contributed by atoms with Crippen LogP contribution in [0, 0.1) is 0 Å². The van der Waals surface area contributed by atoms with Gasteiger partial charge in [0.05, 0.1) is 0 Å². The number of hydrogen-bond donors (Lipinski definition) is 0. The zero-order valence-electron chi connectivity index (χ0n) is 12.5. The van der Waals surface area contributed by atoms with Gasteiger partial charge in [-0.1, -0.05) is 54.6 Å². The van der Waals surface area contributed by atoms with Gasteiger partial charge in [0.1, 0.15) is 0 Å². The van der Waals surface area contributed by atoms with Gasteiger partial charge in [-0.3, -0.25) is 9.59 Å².